The minimum atomic E-state index is 0. The second-order valence-corrected chi connectivity index (χ2v) is 7.13. The largest absolute Gasteiger partial charge is 0.495 e. The van der Waals surface area contributed by atoms with Crippen molar-refractivity contribution < 1.29 is 14.2 Å². The van der Waals surface area contributed by atoms with Crippen molar-refractivity contribution in [1.82, 2.24) is 10.6 Å². The van der Waals surface area contributed by atoms with Crippen molar-refractivity contribution in [1.29, 1.82) is 0 Å². The lowest BCUT2D eigenvalue weighted by atomic mass is 10.2. The van der Waals surface area contributed by atoms with E-state index in [9.17, 15) is 0 Å². The first-order chi connectivity index (χ1) is 14.3. The number of rotatable bonds is 6. The molecule has 30 heavy (non-hydrogen) atoms. The number of aliphatic imine (C=N–C) groups is 1. The zero-order valence-electron chi connectivity index (χ0n) is 17.4. The molecule has 162 valence electrons. The van der Waals surface area contributed by atoms with Crippen LogP contribution >= 0.6 is 24.0 Å². The standard InChI is InChI=1S/C22H28N4O3.HI/c1-3-23-22(24-13-16-8-9-20-21(12-16)29-15-28-20)25-17-10-11-26(14-17)18-6-4-5-7-19(18)27-2;/h4-9,12,17H,3,10-11,13-15H2,1-2H3,(H2,23,24,25);1H. The number of hydrogen-bond donors (Lipinski definition) is 2. The first-order valence-corrected chi connectivity index (χ1v) is 10.1. The number of benzene rings is 2. The number of hydrogen-bond acceptors (Lipinski definition) is 5. The summed E-state index contributed by atoms with van der Waals surface area (Å²) in [5.74, 6) is 3.33. The normalized spacial score (nSPS) is 17.5. The van der Waals surface area contributed by atoms with E-state index in [1.165, 1.54) is 0 Å². The highest BCUT2D eigenvalue weighted by Crippen LogP contribution is 2.33. The maximum absolute atomic E-state index is 5.51. The summed E-state index contributed by atoms with van der Waals surface area (Å²) in [6.07, 6.45) is 1.05. The van der Waals surface area contributed by atoms with Crippen molar-refractivity contribution in [2.45, 2.75) is 25.9 Å². The van der Waals surface area contributed by atoms with Gasteiger partial charge in [-0.15, -0.1) is 24.0 Å². The average molecular weight is 524 g/mol. The maximum atomic E-state index is 5.51. The van der Waals surface area contributed by atoms with Crippen LogP contribution in [0.4, 0.5) is 5.69 Å². The Kier molecular flexibility index (Phi) is 7.89. The quantitative estimate of drug-likeness (QED) is 0.343. The monoisotopic (exact) mass is 524 g/mol. The Morgan fingerprint density at radius 2 is 2.03 bits per heavy atom. The van der Waals surface area contributed by atoms with Crippen LogP contribution in [0, 0.1) is 0 Å². The zero-order valence-corrected chi connectivity index (χ0v) is 19.7. The van der Waals surface area contributed by atoms with Gasteiger partial charge in [0.05, 0.1) is 19.3 Å². The number of anilines is 1. The van der Waals surface area contributed by atoms with Crippen molar-refractivity contribution >= 4 is 35.6 Å². The molecule has 2 heterocycles. The van der Waals surface area contributed by atoms with Crippen LogP contribution in [0.5, 0.6) is 17.2 Å². The van der Waals surface area contributed by atoms with E-state index in [1.54, 1.807) is 7.11 Å². The summed E-state index contributed by atoms with van der Waals surface area (Å²) in [5, 5.41) is 6.93. The predicted molar refractivity (Wildman–Crippen MR) is 130 cm³/mol. The lowest BCUT2D eigenvalue weighted by Gasteiger charge is -2.22. The molecular formula is C22H29IN4O3. The molecule has 7 nitrogen and oxygen atoms in total. The predicted octanol–water partition coefficient (Wildman–Crippen LogP) is 3.38. The van der Waals surface area contributed by atoms with Crippen molar-refractivity contribution in [3.8, 4) is 17.2 Å². The Morgan fingerprint density at radius 1 is 1.20 bits per heavy atom. The molecule has 1 saturated heterocycles. The smallest absolute Gasteiger partial charge is 0.231 e. The van der Waals surface area contributed by atoms with E-state index in [0.29, 0.717) is 12.6 Å². The topological polar surface area (TPSA) is 67.4 Å². The molecule has 1 unspecified atom stereocenters. The Labute approximate surface area is 194 Å². The van der Waals surface area contributed by atoms with E-state index in [4.69, 9.17) is 19.2 Å². The van der Waals surface area contributed by atoms with Crippen LogP contribution < -0.4 is 29.7 Å². The first-order valence-electron chi connectivity index (χ1n) is 10.1. The Morgan fingerprint density at radius 3 is 2.87 bits per heavy atom. The number of nitrogens with one attached hydrogen (secondary N) is 2. The number of nitrogens with zero attached hydrogens (tertiary/aromatic N) is 2. The highest BCUT2D eigenvalue weighted by Gasteiger charge is 2.25. The third kappa shape index (κ3) is 5.21. The van der Waals surface area contributed by atoms with Crippen LogP contribution in [0.2, 0.25) is 0 Å². The molecule has 4 rings (SSSR count). The average Bonchev–Trinajstić information content (AvgIpc) is 3.41. The fourth-order valence-corrected chi connectivity index (χ4v) is 3.71. The van der Waals surface area contributed by atoms with Crippen molar-refractivity contribution in [3.63, 3.8) is 0 Å². The molecule has 2 aromatic rings. The molecule has 0 amide bonds. The van der Waals surface area contributed by atoms with Gasteiger partial charge in [-0.2, -0.15) is 0 Å². The molecule has 0 aliphatic carbocycles. The van der Waals surface area contributed by atoms with Gasteiger partial charge in [-0.25, -0.2) is 4.99 Å². The van der Waals surface area contributed by atoms with Gasteiger partial charge in [-0.05, 0) is 43.2 Å². The third-order valence-corrected chi connectivity index (χ3v) is 5.16. The van der Waals surface area contributed by atoms with Gasteiger partial charge in [0.25, 0.3) is 0 Å². The molecule has 2 aromatic carbocycles. The lowest BCUT2D eigenvalue weighted by molar-refractivity contribution is 0.174. The Hall–Kier alpha value is -2.36. The van der Waals surface area contributed by atoms with Gasteiger partial charge in [-0.3, -0.25) is 0 Å². The van der Waals surface area contributed by atoms with E-state index in [1.807, 2.05) is 30.3 Å². The summed E-state index contributed by atoms with van der Waals surface area (Å²) in [6, 6.07) is 14.5. The van der Waals surface area contributed by atoms with Crippen LogP contribution in [-0.2, 0) is 6.54 Å². The van der Waals surface area contributed by atoms with Gasteiger partial charge in [0.2, 0.25) is 6.79 Å². The highest BCUT2D eigenvalue weighted by molar-refractivity contribution is 14.0. The third-order valence-electron chi connectivity index (χ3n) is 5.16. The maximum Gasteiger partial charge on any atom is 0.231 e. The Balaban J connectivity index is 0.00000256. The highest BCUT2D eigenvalue weighted by atomic mass is 127. The van der Waals surface area contributed by atoms with Gasteiger partial charge in [0.1, 0.15) is 5.75 Å². The number of halogens is 1. The summed E-state index contributed by atoms with van der Waals surface area (Å²) in [4.78, 5) is 7.12. The lowest BCUT2D eigenvalue weighted by Crippen LogP contribution is -2.44. The zero-order chi connectivity index (χ0) is 20.1. The fraction of sp³-hybridized carbons (Fsp3) is 0.409. The SMILES string of the molecule is CCNC(=NCc1ccc2c(c1)OCO2)NC1CCN(c2ccccc2OC)C1.I. The number of guanidine groups is 1. The molecular weight excluding hydrogens is 495 g/mol. The van der Waals surface area contributed by atoms with Crippen LogP contribution in [0.25, 0.3) is 0 Å². The molecule has 2 aliphatic heterocycles. The van der Waals surface area contributed by atoms with Crippen molar-refractivity contribution in [3.05, 3.63) is 48.0 Å². The summed E-state index contributed by atoms with van der Waals surface area (Å²) in [7, 11) is 1.72. The van der Waals surface area contributed by atoms with Gasteiger partial charge in [0.15, 0.2) is 17.5 Å². The number of fused-ring (bicyclic) bond motifs is 1. The number of para-hydroxylation sites is 2. The second-order valence-electron chi connectivity index (χ2n) is 7.13. The fourth-order valence-electron chi connectivity index (χ4n) is 3.71. The first kappa shape index (κ1) is 22.3. The van der Waals surface area contributed by atoms with Gasteiger partial charge >= 0.3 is 0 Å². The van der Waals surface area contributed by atoms with Crippen LogP contribution in [0.1, 0.15) is 18.9 Å². The van der Waals surface area contributed by atoms with E-state index in [2.05, 4.69) is 34.6 Å². The van der Waals surface area contributed by atoms with E-state index in [-0.39, 0.29) is 30.8 Å². The summed E-state index contributed by atoms with van der Waals surface area (Å²) >= 11 is 0. The van der Waals surface area contributed by atoms with E-state index >= 15 is 0 Å². The summed E-state index contributed by atoms with van der Waals surface area (Å²) in [5.41, 5.74) is 2.23. The Bertz CT molecular complexity index is 877. The molecule has 0 saturated carbocycles. The van der Waals surface area contributed by atoms with E-state index < -0.39 is 0 Å². The molecule has 8 heteroatoms. The minimum absolute atomic E-state index is 0. The molecule has 0 aromatic heterocycles. The number of methoxy groups -OCH3 is 1. The molecule has 0 spiro atoms. The molecule has 0 radical (unpaired) electrons. The number of ether oxygens (including phenoxy) is 3. The summed E-state index contributed by atoms with van der Waals surface area (Å²) in [6.45, 7) is 5.66. The van der Waals surface area contributed by atoms with Crippen molar-refractivity contribution in [2.75, 3.05) is 38.4 Å². The summed E-state index contributed by atoms with van der Waals surface area (Å²) < 4.78 is 16.3. The van der Waals surface area contributed by atoms with Crippen LogP contribution in [0.3, 0.4) is 0 Å². The molecule has 2 N–H and O–H groups in total. The molecule has 1 fully saturated rings. The van der Waals surface area contributed by atoms with Crippen molar-refractivity contribution in [2.24, 2.45) is 4.99 Å². The van der Waals surface area contributed by atoms with Gasteiger partial charge in [0, 0.05) is 25.7 Å². The van der Waals surface area contributed by atoms with Gasteiger partial charge in [-0.1, -0.05) is 18.2 Å². The minimum Gasteiger partial charge on any atom is -0.495 e. The van der Waals surface area contributed by atoms with E-state index in [0.717, 1.165) is 60.5 Å². The van der Waals surface area contributed by atoms with Gasteiger partial charge < -0.3 is 29.7 Å². The molecule has 2 aliphatic rings. The van der Waals surface area contributed by atoms with Crippen LogP contribution in [0.15, 0.2) is 47.5 Å². The van der Waals surface area contributed by atoms with Crippen LogP contribution in [-0.4, -0.2) is 45.5 Å². The molecule has 0 bridgehead atoms. The molecule has 1 atom stereocenters. The second kappa shape index (κ2) is 10.6.